The standard InChI is InChI=1S/C13H13N3/c1-10(11-4-2-5-12(15)8-11)16-7-3-6-13(16)9-14/h2-8,10H,15H2,1H3. The lowest BCUT2D eigenvalue weighted by atomic mass is 10.1. The van der Waals surface area contributed by atoms with Gasteiger partial charge in [0.15, 0.2) is 0 Å². The van der Waals surface area contributed by atoms with Gasteiger partial charge in [0.05, 0.1) is 6.04 Å². The zero-order chi connectivity index (χ0) is 11.5. The van der Waals surface area contributed by atoms with Crippen molar-refractivity contribution in [3.63, 3.8) is 0 Å². The van der Waals surface area contributed by atoms with Crippen LogP contribution in [-0.4, -0.2) is 4.57 Å². The maximum Gasteiger partial charge on any atom is 0.120 e. The van der Waals surface area contributed by atoms with Crippen molar-refractivity contribution in [2.24, 2.45) is 0 Å². The molecule has 0 aliphatic carbocycles. The summed E-state index contributed by atoms with van der Waals surface area (Å²) in [5.74, 6) is 0. The first kappa shape index (κ1) is 10.3. The number of anilines is 1. The van der Waals surface area contributed by atoms with Gasteiger partial charge in [-0.05, 0) is 36.8 Å². The Labute approximate surface area is 94.7 Å². The van der Waals surface area contributed by atoms with Crippen LogP contribution in [0.5, 0.6) is 0 Å². The number of benzene rings is 1. The van der Waals surface area contributed by atoms with Crippen molar-refractivity contribution in [1.29, 1.82) is 5.26 Å². The summed E-state index contributed by atoms with van der Waals surface area (Å²) < 4.78 is 1.94. The van der Waals surface area contributed by atoms with Crippen LogP contribution in [0.1, 0.15) is 24.2 Å². The molecule has 0 saturated heterocycles. The normalized spacial score (nSPS) is 12.0. The quantitative estimate of drug-likeness (QED) is 0.776. The second-order valence-electron chi connectivity index (χ2n) is 3.76. The maximum absolute atomic E-state index is 8.96. The van der Waals surface area contributed by atoms with Gasteiger partial charge in [0.25, 0.3) is 0 Å². The van der Waals surface area contributed by atoms with E-state index in [-0.39, 0.29) is 6.04 Å². The number of rotatable bonds is 2. The Morgan fingerprint density at radius 3 is 2.81 bits per heavy atom. The molecule has 0 aliphatic rings. The highest BCUT2D eigenvalue weighted by atomic mass is 15.0. The fraction of sp³-hybridized carbons (Fsp3) is 0.154. The predicted octanol–water partition coefficient (Wildman–Crippen LogP) is 2.55. The van der Waals surface area contributed by atoms with Gasteiger partial charge in [0, 0.05) is 11.9 Å². The van der Waals surface area contributed by atoms with Gasteiger partial charge < -0.3 is 10.3 Å². The molecule has 16 heavy (non-hydrogen) atoms. The van der Waals surface area contributed by atoms with Crippen molar-refractivity contribution in [1.82, 2.24) is 4.57 Å². The van der Waals surface area contributed by atoms with E-state index in [1.54, 1.807) is 0 Å². The minimum atomic E-state index is 0.119. The average molecular weight is 211 g/mol. The third kappa shape index (κ3) is 1.78. The van der Waals surface area contributed by atoms with Crippen LogP contribution in [0.4, 0.5) is 5.69 Å². The van der Waals surface area contributed by atoms with E-state index >= 15 is 0 Å². The molecule has 0 spiro atoms. The number of hydrogen-bond acceptors (Lipinski definition) is 2. The zero-order valence-corrected chi connectivity index (χ0v) is 9.09. The first-order valence-electron chi connectivity index (χ1n) is 5.15. The van der Waals surface area contributed by atoms with Gasteiger partial charge in [-0.3, -0.25) is 0 Å². The summed E-state index contributed by atoms with van der Waals surface area (Å²) in [5, 5.41) is 8.96. The molecule has 2 rings (SSSR count). The highest BCUT2D eigenvalue weighted by Gasteiger charge is 2.10. The monoisotopic (exact) mass is 211 g/mol. The summed E-state index contributed by atoms with van der Waals surface area (Å²) in [6.07, 6.45) is 1.91. The van der Waals surface area contributed by atoms with Crippen molar-refractivity contribution >= 4 is 5.69 Å². The van der Waals surface area contributed by atoms with Crippen LogP contribution in [-0.2, 0) is 0 Å². The van der Waals surface area contributed by atoms with Crippen LogP contribution in [0.15, 0.2) is 42.6 Å². The molecular formula is C13H13N3. The van der Waals surface area contributed by atoms with Gasteiger partial charge in [-0.25, -0.2) is 0 Å². The van der Waals surface area contributed by atoms with Gasteiger partial charge in [-0.2, -0.15) is 5.26 Å². The van der Waals surface area contributed by atoms with Crippen LogP contribution in [0.2, 0.25) is 0 Å². The van der Waals surface area contributed by atoms with E-state index in [0.717, 1.165) is 11.3 Å². The summed E-state index contributed by atoms with van der Waals surface area (Å²) in [5.41, 5.74) is 8.26. The molecule has 1 unspecified atom stereocenters. The highest BCUT2D eigenvalue weighted by molar-refractivity contribution is 5.42. The third-order valence-corrected chi connectivity index (χ3v) is 2.70. The van der Waals surface area contributed by atoms with Gasteiger partial charge in [-0.15, -0.1) is 0 Å². The van der Waals surface area contributed by atoms with Gasteiger partial charge in [0.2, 0.25) is 0 Å². The second-order valence-corrected chi connectivity index (χ2v) is 3.76. The zero-order valence-electron chi connectivity index (χ0n) is 9.09. The smallest absolute Gasteiger partial charge is 0.120 e. The second kappa shape index (κ2) is 4.11. The largest absolute Gasteiger partial charge is 0.399 e. The Morgan fingerprint density at radius 1 is 1.31 bits per heavy atom. The summed E-state index contributed by atoms with van der Waals surface area (Å²) in [6.45, 7) is 2.05. The van der Waals surface area contributed by atoms with Crippen molar-refractivity contribution in [3.8, 4) is 6.07 Å². The first-order valence-corrected chi connectivity index (χ1v) is 5.15. The average Bonchev–Trinajstić information content (AvgIpc) is 2.76. The summed E-state index contributed by atoms with van der Waals surface area (Å²) in [4.78, 5) is 0. The molecular weight excluding hydrogens is 198 g/mol. The van der Waals surface area contributed by atoms with E-state index in [4.69, 9.17) is 11.0 Å². The summed E-state index contributed by atoms with van der Waals surface area (Å²) in [7, 11) is 0. The van der Waals surface area contributed by atoms with Crippen LogP contribution in [0.3, 0.4) is 0 Å². The van der Waals surface area contributed by atoms with Gasteiger partial charge >= 0.3 is 0 Å². The fourth-order valence-electron chi connectivity index (χ4n) is 1.81. The molecule has 1 atom stereocenters. The maximum atomic E-state index is 8.96. The molecule has 1 heterocycles. The molecule has 0 amide bonds. The molecule has 1 aromatic carbocycles. The highest BCUT2D eigenvalue weighted by Crippen LogP contribution is 2.21. The number of nitrogen functional groups attached to an aromatic ring is 1. The topological polar surface area (TPSA) is 54.7 Å². The van der Waals surface area contributed by atoms with E-state index in [1.165, 1.54) is 0 Å². The summed E-state index contributed by atoms with van der Waals surface area (Å²) >= 11 is 0. The third-order valence-electron chi connectivity index (χ3n) is 2.70. The lowest BCUT2D eigenvalue weighted by molar-refractivity contribution is 0.636. The lowest BCUT2D eigenvalue weighted by Crippen LogP contribution is -2.07. The molecule has 3 nitrogen and oxygen atoms in total. The minimum Gasteiger partial charge on any atom is -0.399 e. The lowest BCUT2D eigenvalue weighted by Gasteiger charge is -2.15. The van der Waals surface area contributed by atoms with Crippen LogP contribution >= 0.6 is 0 Å². The van der Waals surface area contributed by atoms with Crippen LogP contribution in [0.25, 0.3) is 0 Å². The summed E-state index contributed by atoms with van der Waals surface area (Å²) in [6, 6.07) is 13.7. The molecule has 2 N–H and O–H groups in total. The van der Waals surface area contributed by atoms with E-state index in [1.807, 2.05) is 47.2 Å². The molecule has 0 saturated carbocycles. The molecule has 0 bridgehead atoms. The first-order chi connectivity index (χ1) is 7.72. The predicted molar refractivity (Wildman–Crippen MR) is 63.8 cm³/mol. The van der Waals surface area contributed by atoms with E-state index in [2.05, 4.69) is 13.0 Å². The molecule has 1 aromatic heterocycles. The van der Waals surface area contributed by atoms with E-state index in [9.17, 15) is 0 Å². The Balaban J connectivity index is 2.40. The van der Waals surface area contributed by atoms with Crippen molar-refractivity contribution in [3.05, 3.63) is 53.9 Å². The van der Waals surface area contributed by atoms with E-state index < -0.39 is 0 Å². The Bertz CT molecular complexity index is 534. The van der Waals surface area contributed by atoms with Crippen molar-refractivity contribution in [2.75, 3.05) is 5.73 Å². The number of aromatic nitrogens is 1. The minimum absolute atomic E-state index is 0.119. The number of nitrogens with zero attached hydrogens (tertiary/aromatic N) is 2. The SMILES string of the molecule is CC(c1cccc(N)c1)n1cccc1C#N. The van der Waals surface area contributed by atoms with E-state index in [0.29, 0.717) is 5.69 Å². The molecule has 0 aliphatic heterocycles. The molecule has 80 valence electrons. The fourth-order valence-corrected chi connectivity index (χ4v) is 1.81. The number of hydrogen-bond donors (Lipinski definition) is 1. The Hall–Kier alpha value is -2.21. The van der Waals surface area contributed by atoms with Gasteiger partial charge in [-0.1, -0.05) is 12.1 Å². The van der Waals surface area contributed by atoms with Crippen molar-refractivity contribution < 1.29 is 0 Å². The van der Waals surface area contributed by atoms with Gasteiger partial charge in [0.1, 0.15) is 11.8 Å². The number of nitriles is 1. The molecule has 0 radical (unpaired) electrons. The van der Waals surface area contributed by atoms with Crippen molar-refractivity contribution in [2.45, 2.75) is 13.0 Å². The molecule has 3 heteroatoms. The molecule has 0 fully saturated rings. The Morgan fingerprint density at radius 2 is 2.12 bits per heavy atom. The molecule has 2 aromatic rings. The Kier molecular flexibility index (Phi) is 2.65. The van der Waals surface area contributed by atoms with Crippen LogP contribution < -0.4 is 5.73 Å². The number of nitrogens with two attached hydrogens (primary N) is 1. The van der Waals surface area contributed by atoms with Crippen LogP contribution in [0, 0.1) is 11.3 Å².